The van der Waals surface area contributed by atoms with Gasteiger partial charge in [0.1, 0.15) is 12.4 Å². The number of hydrogen-bond donors (Lipinski definition) is 1. The summed E-state index contributed by atoms with van der Waals surface area (Å²) in [5.74, 6) is 1.68. The molecule has 3 nitrogen and oxygen atoms in total. The fourth-order valence-electron chi connectivity index (χ4n) is 4.65. The van der Waals surface area contributed by atoms with Gasteiger partial charge in [0, 0.05) is 17.8 Å². The highest BCUT2D eigenvalue weighted by Crippen LogP contribution is 2.49. The molecule has 0 aromatic heterocycles. The molecule has 1 aliphatic heterocycles. The second-order valence-corrected chi connectivity index (χ2v) is 8.61. The maximum atomic E-state index is 6.30. The van der Waals surface area contributed by atoms with Gasteiger partial charge in [0.25, 0.3) is 0 Å². The summed E-state index contributed by atoms with van der Waals surface area (Å²) in [4.78, 5) is 4.62. The van der Waals surface area contributed by atoms with Gasteiger partial charge in [-0.3, -0.25) is 4.99 Å². The van der Waals surface area contributed by atoms with Gasteiger partial charge in [-0.1, -0.05) is 66.7 Å². The second kappa shape index (κ2) is 9.05. The monoisotopic (exact) mass is 440 g/mol. The van der Waals surface area contributed by atoms with Crippen LogP contribution in [-0.4, -0.2) is 12.8 Å². The van der Waals surface area contributed by atoms with Crippen LogP contribution in [0.1, 0.15) is 35.1 Å². The van der Waals surface area contributed by atoms with E-state index in [-0.39, 0.29) is 0 Å². The van der Waals surface area contributed by atoms with Crippen LogP contribution in [-0.2, 0) is 0 Å². The molecule has 0 saturated carbocycles. The third-order valence-corrected chi connectivity index (χ3v) is 6.49. The van der Waals surface area contributed by atoms with Gasteiger partial charge in [0.05, 0.1) is 16.8 Å². The first-order valence-electron chi connectivity index (χ1n) is 10.9. The van der Waals surface area contributed by atoms with Gasteiger partial charge >= 0.3 is 0 Å². The third-order valence-electron chi connectivity index (χ3n) is 6.20. The van der Waals surface area contributed by atoms with E-state index in [9.17, 15) is 0 Å². The largest absolute Gasteiger partial charge is 0.488 e. The van der Waals surface area contributed by atoms with Crippen LogP contribution in [0.5, 0.6) is 5.75 Å². The van der Waals surface area contributed by atoms with Crippen molar-refractivity contribution in [1.29, 1.82) is 0 Å². The molecule has 2 aliphatic rings. The van der Waals surface area contributed by atoms with Crippen LogP contribution in [0.4, 0.5) is 11.4 Å². The summed E-state index contributed by atoms with van der Waals surface area (Å²) in [6, 6.07) is 23.1. The highest BCUT2D eigenvalue weighted by molar-refractivity contribution is 6.32. The Hall–Kier alpha value is -3.30. The highest BCUT2D eigenvalue weighted by atomic mass is 35.5. The van der Waals surface area contributed by atoms with Crippen LogP contribution in [0.15, 0.2) is 96.5 Å². The number of ether oxygens (including phenoxy) is 1. The van der Waals surface area contributed by atoms with E-state index >= 15 is 0 Å². The molecule has 0 spiro atoms. The molecular formula is C28H25ClN2O. The van der Waals surface area contributed by atoms with E-state index in [1.54, 1.807) is 6.08 Å². The molecule has 160 valence electrons. The molecule has 3 atom stereocenters. The minimum absolute atomic E-state index is 0.296. The molecule has 1 aliphatic carbocycles. The normalized spacial score (nSPS) is 21.1. The Kier molecular flexibility index (Phi) is 5.83. The van der Waals surface area contributed by atoms with Crippen molar-refractivity contribution in [1.82, 2.24) is 0 Å². The topological polar surface area (TPSA) is 33.6 Å². The number of fused-ring (bicyclic) bond motifs is 3. The van der Waals surface area contributed by atoms with E-state index in [1.165, 1.54) is 16.8 Å². The van der Waals surface area contributed by atoms with Crippen molar-refractivity contribution in [2.45, 2.75) is 18.4 Å². The summed E-state index contributed by atoms with van der Waals surface area (Å²) in [6.45, 7) is 4.08. The summed E-state index contributed by atoms with van der Waals surface area (Å²) >= 11 is 6.30. The number of rotatable bonds is 6. The number of hydrogen-bond acceptors (Lipinski definition) is 3. The molecule has 3 aromatic rings. The maximum absolute atomic E-state index is 6.30. The maximum Gasteiger partial charge on any atom is 0.138 e. The molecule has 1 N–H and O–H groups in total. The highest BCUT2D eigenvalue weighted by Gasteiger charge is 2.37. The van der Waals surface area contributed by atoms with Crippen LogP contribution in [0.3, 0.4) is 0 Å². The molecule has 0 amide bonds. The molecule has 32 heavy (non-hydrogen) atoms. The van der Waals surface area contributed by atoms with Crippen molar-refractivity contribution in [3.05, 3.63) is 113 Å². The first-order chi connectivity index (χ1) is 15.7. The van der Waals surface area contributed by atoms with Gasteiger partial charge in [-0.25, -0.2) is 0 Å². The molecule has 1 heterocycles. The van der Waals surface area contributed by atoms with Gasteiger partial charge in [0.15, 0.2) is 0 Å². The molecule has 0 radical (unpaired) electrons. The van der Waals surface area contributed by atoms with Gasteiger partial charge in [-0.15, -0.1) is 0 Å². The number of halogens is 1. The van der Waals surface area contributed by atoms with Crippen LogP contribution in [0.25, 0.3) is 0 Å². The van der Waals surface area contributed by atoms with Crippen LogP contribution < -0.4 is 10.1 Å². The molecule has 3 aromatic carbocycles. The third kappa shape index (κ3) is 4.09. The SMILES string of the molecule is C=CCOc1ccc(C=Nc2ccc([C@@H]3Nc4ccccc4[C@@H]4C=CC[C@@H]43)cc2)cc1Cl. The van der Waals surface area contributed by atoms with E-state index in [4.69, 9.17) is 16.3 Å². The summed E-state index contributed by atoms with van der Waals surface area (Å²) in [7, 11) is 0. The Bertz CT molecular complexity index is 1180. The zero-order valence-corrected chi connectivity index (χ0v) is 18.5. The van der Waals surface area contributed by atoms with Gasteiger partial charge < -0.3 is 10.1 Å². The summed E-state index contributed by atoms with van der Waals surface area (Å²) in [6.07, 6.45) is 9.31. The lowest BCUT2D eigenvalue weighted by Crippen LogP contribution is -2.28. The van der Waals surface area contributed by atoms with Crippen molar-refractivity contribution < 1.29 is 4.74 Å². The van der Waals surface area contributed by atoms with Crippen molar-refractivity contribution in [2.24, 2.45) is 10.9 Å². The molecule has 0 unspecified atom stereocenters. The number of nitrogens with zero attached hydrogens (tertiary/aromatic N) is 1. The predicted molar refractivity (Wildman–Crippen MR) is 134 cm³/mol. The number of allylic oxidation sites excluding steroid dienone is 2. The van der Waals surface area contributed by atoms with Gasteiger partial charge in [-0.05, 0) is 65.4 Å². The van der Waals surface area contributed by atoms with Crippen LogP contribution in [0.2, 0.25) is 5.02 Å². The van der Waals surface area contributed by atoms with Gasteiger partial charge in [-0.2, -0.15) is 0 Å². The lowest BCUT2D eigenvalue weighted by molar-refractivity contribution is 0.363. The van der Waals surface area contributed by atoms with Crippen molar-refractivity contribution in [3.63, 3.8) is 0 Å². The smallest absolute Gasteiger partial charge is 0.138 e. The van der Waals surface area contributed by atoms with E-state index in [0.717, 1.165) is 17.7 Å². The van der Waals surface area contributed by atoms with Crippen molar-refractivity contribution in [3.8, 4) is 5.75 Å². The number of para-hydroxylation sites is 1. The fourth-order valence-corrected chi connectivity index (χ4v) is 4.90. The van der Waals surface area contributed by atoms with Gasteiger partial charge in [0.2, 0.25) is 0 Å². The average molecular weight is 441 g/mol. The molecule has 0 bridgehead atoms. The fraction of sp³-hybridized carbons (Fsp3) is 0.179. The van der Waals surface area contributed by atoms with Crippen LogP contribution >= 0.6 is 11.6 Å². The van der Waals surface area contributed by atoms with E-state index in [0.29, 0.717) is 35.3 Å². The number of aliphatic imine (C=N–C) groups is 1. The summed E-state index contributed by atoms with van der Waals surface area (Å²) < 4.78 is 5.52. The molecule has 4 heteroatoms. The molecule has 0 saturated heterocycles. The Labute approximate surface area is 194 Å². The minimum atomic E-state index is 0.296. The first-order valence-corrected chi connectivity index (χ1v) is 11.3. The average Bonchev–Trinajstić information content (AvgIpc) is 3.32. The number of benzene rings is 3. The standard InChI is InChI=1S/C28H25ClN2O/c1-2-16-32-27-15-10-19(17-25(27)29)18-30-21-13-11-20(12-14-21)28-24-8-5-7-22(24)23-6-3-4-9-26(23)31-28/h2-7,9-15,17-18,22,24,28,31H,1,8,16H2/t22-,24-,28-/m0/s1. The Morgan fingerprint density at radius 2 is 1.94 bits per heavy atom. The van der Waals surface area contributed by atoms with E-state index < -0.39 is 0 Å². The summed E-state index contributed by atoms with van der Waals surface area (Å²) in [5, 5.41) is 4.34. The quantitative estimate of drug-likeness (QED) is 0.318. The lowest BCUT2D eigenvalue weighted by Gasteiger charge is -2.37. The van der Waals surface area contributed by atoms with E-state index in [2.05, 4.69) is 77.6 Å². The first kappa shape index (κ1) is 20.6. The number of anilines is 1. The molecular weight excluding hydrogens is 416 g/mol. The zero-order valence-electron chi connectivity index (χ0n) is 17.7. The Morgan fingerprint density at radius 3 is 2.75 bits per heavy atom. The zero-order chi connectivity index (χ0) is 21.9. The minimum Gasteiger partial charge on any atom is -0.488 e. The Balaban J connectivity index is 1.32. The second-order valence-electron chi connectivity index (χ2n) is 8.20. The Morgan fingerprint density at radius 1 is 1.09 bits per heavy atom. The number of nitrogens with one attached hydrogen (secondary N) is 1. The lowest BCUT2D eigenvalue weighted by atomic mass is 9.77. The molecule has 5 rings (SSSR count). The van der Waals surface area contributed by atoms with Crippen molar-refractivity contribution >= 4 is 29.2 Å². The molecule has 0 fully saturated rings. The van der Waals surface area contributed by atoms with Crippen molar-refractivity contribution in [2.75, 3.05) is 11.9 Å². The van der Waals surface area contributed by atoms with Crippen LogP contribution in [0, 0.1) is 5.92 Å². The predicted octanol–water partition coefficient (Wildman–Crippen LogP) is 7.48. The van der Waals surface area contributed by atoms with E-state index in [1.807, 2.05) is 24.4 Å². The summed E-state index contributed by atoms with van der Waals surface area (Å²) in [5.41, 5.74) is 5.78.